The highest BCUT2D eigenvalue weighted by molar-refractivity contribution is 8.00. The smallest absolute Gasteiger partial charge is 0.344 e. The minimum absolute atomic E-state index is 0.0690. The second-order valence-corrected chi connectivity index (χ2v) is 7.73. The molecule has 9 heteroatoms. The van der Waals surface area contributed by atoms with Crippen LogP contribution in [0.4, 0.5) is 5.69 Å². The van der Waals surface area contributed by atoms with Crippen LogP contribution in [0.1, 0.15) is 27.6 Å². The minimum Gasteiger partial charge on any atom is -0.465 e. The quantitative estimate of drug-likeness (QED) is 0.339. The van der Waals surface area contributed by atoms with Crippen LogP contribution in [0.25, 0.3) is 10.9 Å². The summed E-state index contributed by atoms with van der Waals surface area (Å²) in [6.45, 7) is 1.46. The maximum atomic E-state index is 12.8. The molecular weight excluding hydrogens is 428 g/mol. The number of carbonyl (C=O) groups excluding carboxylic acids is 3. The van der Waals surface area contributed by atoms with Crippen LogP contribution in [0.2, 0.25) is 5.02 Å². The number of H-pyrrole nitrogens is 1. The molecule has 0 fully saturated rings. The lowest BCUT2D eigenvalue weighted by Gasteiger charge is -2.10. The molecule has 0 saturated carbocycles. The molecule has 0 radical (unpaired) electrons. The van der Waals surface area contributed by atoms with E-state index in [0.717, 1.165) is 11.8 Å². The number of benzene rings is 2. The first-order valence-electron chi connectivity index (χ1n) is 8.77. The molecule has 3 rings (SSSR count). The van der Waals surface area contributed by atoms with E-state index in [1.165, 1.54) is 20.1 Å². The van der Waals surface area contributed by atoms with Crippen molar-refractivity contribution in [3.05, 3.63) is 68.8 Å². The predicted octanol–water partition coefficient (Wildman–Crippen LogP) is 3.90. The van der Waals surface area contributed by atoms with E-state index in [4.69, 9.17) is 16.3 Å². The number of methoxy groups -OCH3 is 1. The Balaban J connectivity index is 1.83. The van der Waals surface area contributed by atoms with Gasteiger partial charge in [0.05, 0.1) is 23.4 Å². The van der Waals surface area contributed by atoms with Gasteiger partial charge in [0.1, 0.15) is 5.56 Å². The van der Waals surface area contributed by atoms with E-state index in [1.807, 2.05) is 0 Å². The zero-order chi connectivity index (χ0) is 21.8. The van der Waals surface area contributed by atoms with Gasteiger partial charge < -0.3 is 15.0 Å². The monoisotopic (exact) mass is 444 g/mol. The Hall–Kier alpha value is -3.10. The van der Waals surface area contributed by atoms with Crippen molar-refractivity contribution in [2.75, 3.05) is 18.2 Å². The zero-order valence-electron chi connectivity index (χ0n) is 16.1. The number of ether oxygens (including phenoxy) is 1. The molecule has 7 nitrogen and oxygen atoms in total. The zero-order valence-corrected chi connectivity index (χ0v) is 17.6. The fourth-order valence-corrected chi connectivity index (χ4v) is 3.78. The SMILES string of the molecule is COC(=O)c1c(SCC(=O)Nc2ccc(C(C)=O)cc2)[nH]c2cc(Cl)ccc2c1=O. The van der Waals surface area contributed by atoms with Crippen LogP contribution in [0.15, 0.2) is 52.3 Å². The molecule has 0 aliphatic carbocycles. The number of hydrogen-bond donors (Lipinski definition) is 2. The van der Waals surface area contributed by atoms with Crippen LogP contribution < -0.4 is 10.7 Å². The van der Waals surface area contributed by atoms with Gasteiger partial charge in [-0.05, 0) is 49.4 Å². The Kier molecular flexibility index (Phi) is 6.59. The first kappa shape index (κ1) is 21.6. The molecule has 0 spiro atoms. The number of rotatable bonds is 6. The van der Waals surface area contributed by atoms with Crippen LogP contribution in [-0.4, -0.2) is 35.5 Å². The standard InChI is InChI=1S/C21H17ClN2O5S/c1-11(25)12-3-6-14(7-4-12)23-17(26)10-30-20-18(21(28)29-2)19(27)15-8-5-13(22)9-16(15)24-20/h3-9H,10H2,1-2H3,(H,23,26)(H,24,27). The molecule has 3 aromatic rings. The van der Waals surface area contributed by atoms with Crippen LogP contribution in [0, 0.1) is 0 Å². The molecule has 0 bridgehead atoms. The van der Waals surface area contributed by atoms with Gasteiger partial charge in [-0.25, -0.2) is 4.79 Å². The highest BCUT2D eigenvalue weighted by atomic mass is 35.5. The van der Waals surface area contributed by atoms with E-state index in [9.17, 15) is 19.2 Å². The number of Topliss-reactive ketones (excluding diaryl/α,β-unsaturated/α-hetero) is 1. The Morgan fingerprint density at radius 3 is 2.47 bits per heavy atom. The predicted molar refractivity (Wildman–Crippen MR) is 117 cm³/mol. The summed E-state index contributed by atoms with van der Waals surface area (Å²) >= 11 is 6.99. The number of nitrogens with one attached hydrogen (secondary N) is 2. The van der Waals surface area contributed by atoms with Crippen LogP contribution in [-0.2, 0) is 9.53 Å². The normalized spacial score (nSPS) is 10.6. The van der Waals surface area contributed by atoms with Crippen molar-refractivity contribution >= 4 is 57.6 Å². The largest absolute Gasteiger partial charge is 0.465 e. The summed E-state index contributed by atoms with van der Waals surface area (Å²) in [4.78, 5) is 51.6. The van der Waals surface area contributed by atoms with Crippen molar-refractivity contribution in [2.24, 2.45) is 0 Å². The van der Waals surface area contributed by atoms with E-state index >= 15 is 0 Å². The number of pyridine rings is 1. The van der Waals surface area contributed by atoms with Gasteiger partial charge >= 0.3 is 5.97 Å². The first-order valence-corrected chi connectivity index (χ1v) is 10.1. The lowest BCUT2D eigenvalue weighted by Crippen LogP contribution is -2.20. The summed E-state index contributed by atoms with van der Waals surface area (Å²) < 4.78 is 4.74. The van der Waals surface area contributed by atoms with Crippen molar-refractivity contribution in [3.63, 3.8) is 0 Å². The van der Waals surface area contributed by atoms with Gasteiger partial charge in [0, 0.05) is 21.7 Å². The highest BCUT2D eigenvalue weighted by Gasteiger charge is 2.21. The number of amides is 1. The molecule has 154 valence electrons. The fraction of sp³-hybridized carbons (Fsp3) is 0.143. The second-order valence-electron chi connectivity index (χ2n) is 6.31. The van der Waals surface area contributed by atoms with Crippen molar-refractivity contribution in [3.8, 4) is 0 Å². The van der Waals surface area contributed by atoms with E-state index in [2.05, 4.69) is 10.3 Å². The van der Waals surface area contributed by atoms with Crippen LogP contribution >= 0.6 is 23.4 Å². The van der Waals surface area contributed by atoms with Gasteiger partial charge in [-0.15, -0.1) is 0 Å². The number of aromatic nitrogens is 1. The van der Waals surface area contributed by atoms with Gasteiger partial charge in [0.2, 0.25) is 11.3 Å². The van der Waals surface area contributed by atoms with E-state index in [1.54, 1.807) is 36.4 Å². The Bertz CT molecular complexity index is 1200. The number of anilines is 1. The number of aromatic amines is 1. The molecule has 30 heavy (non-hydrogen) atoms. The third-order valence-electron chi connectivity index (χ3n) is 4.24. The molecule has 0 unspecified atom stereocenters. The molecule has 0 aliphatic rings. The van der Waals surface area contributed by atoms with E-state index in [0.29, 0.717) is 27.2 Å². The average molecular weight is 445 g/mol. The molecule has 0 aliphatic heterocycles. The minimum atomic E-state index is -0.796. The van der Waals surface area contributed by atoms with Gasteiger partial charge in [0.15, 0.2) is 5.78 Å². The highest BCUT2D eigenvalue weighted by Crippen LogP contribution is 2.24. The molecule has 2 aromatic carbocycles. The van der Waals surface area contributed by atoms with Gasteiger partial charge in [-0.1, -0.05) is 23.4 Å². The van der Waals surface area contributed by atoms with Crippen LogP contribution in [0.5, 0.6) is 0 Å². The Morgan fingerprint density at radius 2 is 1.83 bits per heavy atom. The number of thioether (sulfide) groups is 1. The third-order valence-corrected chi connectivity index (χ3v) is 5.48. The van der Waals surface area contributed by atoms with Crippen molar-refractivity contribution in [1.82, 2.24) is 4.98 Å². The lowest BCUT2D eigenvalue weighted by molar-refractivity contribution is -0.113. The van der Waals surface area contributed by atoms with E-state index in [-0.39, 0.29) is 28.0 Å². The maximum absolute atomic E-state index is 12.8. The topological polar surface area (TPSA) is 105 Å². The summed E-state index contributed by atoms with van der Waals surface area (Å²) in [6, 6.07) is 11.1. The number of hydrogen-bond acceptors (Lipinski definition) is 6. The molecule has 1 amide bonds. The summed E-state index contributed by atoms with van der Waals surface area (Å²) in [5, 5.41) is 3.63. The fourth-order valence-electron chi connectivity index (χ4n) is 2.76. The van der Waals surface area contributed by atoms with Crippen molar-refractivity contribution in [1.29, 1.82) is 0 Å². The third kappa shape index (κ3) is 4.72. The van der Waals surface area contributed by atoms with Crippen LogP contribution in [0.3, 0.4) is 0 Å². The number of ketones is 1. The molecular formula is C21H17ClN2O5S. The van der Waals surface area contributed by atoms with Crippen molar-refractivity contribution in [2.45, 2.75) is 11.9 Å². The summed E-state index contributed by atoms with van der Waals surface area (Å²) in [6.07, 6.45) is 0. The number of halogens is 1. The average Bonchev–Trinajstić information content (AvgIpc) is 2.72. The molecule has 2 N–H and O–H groups in total. The Labute approximate surface area is 180 Å². The molecule has 0 atom stereocenters. The molecule has 1 heterocycles. The number of carbonyl (C=O) groups is 3. The molecule has 1 aromatic heterocycles. The summed E-state index contributed by atoms with van der Waals surface area (Å²) in [7, 11) is 1.18. The Morgan fingerprint density at radius 1 is 1.13 bits per heavy atom. The van der Waals surface area contributed by atoms with Gasteiger partial charge in [-0.2, -0.15) is 0 Å². The van der Waals surface area contributed by atoms with Gasteiger partial charge in [0.25, 0.3) is 0 Å². The van der Waals surface area contributed by atoms with Crippen molar-refractivity contribution < 1.29 is 19.1 Å². The number of esters is 1. The summed E-state index contributed by atoms with van der Waals surface area (Å²) in [5.74, 6) is -1.28. The van der Waals surface area contributed by atoms with Gasteiger partial charge in [-0.3, -0.25) is 14.4 Å². The number of fused-ring (bicyclic) bond motifs is 1. The first-order chi connectivity index (χ1) is 14.3. The molecule has 0 saturated heterocycles. The summed E-state index contributed by atoms with van der Waals surface area (Å²) in [5.41, 5.74) is 0.837. The maximum Gasteiger partial charge on any atom is 0.344 e. The lowest BCUT2D eigenvalue weighted by atomic mass is 10.1. The second kappa shape index (κ2) is 9.15. The van der Waals surface area contributed by atoms with E-state index < -0.39 is 11.4 Å².